The molecule has 0 bridgehead atoms. The van der Waals surface area contributed by atoms with Crippen LogP contribution in [0.2, 0.25) is 0 Å². The molecule has 0 atom stereocenters. The molecule has 0 unspecified atom stereocenters. The highest BCUT2D eigenvalue weighted by Crippen LogP contribution is 2.22. The van der Waals surface area contributed by atoms with Crippen LogP contribution < -0.4 is 5.32 Å². The number of hydrogen-bond donors (Lipinski definition) is 1. The molecule has 118 valence electrons. The first-order chi connectivity index (χ1) is 10.3. The van der Waals surface area contributed by atoms with Crippen LogP contribution in [0.3, 0.4) is 0 Å². The van der Waals surface area contributed by atoms with Crippen molar-refractivity contribution in [2.75, 3.05) is 11.1 Å². The number of benzene rings is 1. The van der Waals surface area contributed by atoms with E-state index in [2.05, 4.69) is 10.3 Å². The van der Waals surface area contributed by atoms with Gasteiger partial charge in [0, 0.05) is 10.9 Å². The zero-order valence-electron chi connectivity index (χ0n) is 12.7. The molecule has 0 radical (unpaired) electrons. The summed E-state index contributed by atoms with van der Waals surface area (Å²) in [7, 11) is -3.33. The topological polar surface area (TPSA) is 76.1 Å². The number of aromatic nitrogens is 1. The van der Waals surface area contributed by atoms with Crippen molar-refractivity contribution in [3.63, 3.8) is 0 Å². The molecule has 5 nitrogen and oxygen atoms in total. The van der Waals surface area contributed by atoms with Crippen LogP contribution in [0.15, 0.2) is 34.5 Å². The minimum absolute atomic E-state index is 0.00228. The van der Waals surface area contributed by atoms with Gasteiger partial charge < -0.3 is 0 Å². The fraction of sp³-hybridized carbons (Fsp3) is 0.333. The van der Waals surface area contributed by atoms with E-state index in [-0.39, 0.29) is 16.6 Å². The summed E-state index contributed by atoms with van der Waals surface area (Å²) in [4.78, 5) is 16.7. The summed E-state index contributed by atoms with van der Waals surface area (Å²) in [6, 6.07) is 6.04. The van der Waals surface area contributed by atoms with Crippen LogP contribution >= 0.6 is 11.3 Å². The van der Waals surface area contributed by atoms with Gasteiger partial charge in [0.05, 0.1) is 16.3 Å². The number of thiazole rings is 1. The molecule has 2 rings (SSSR count). The molecule has 1 N–H and O–H groups in total. The Kier molecular flexibility index (Phi) is 4.97. The maximum absolute atomic E-state index is 12.2. The van der Waals surface area contributed by atoms with Gasteiger partial charge in [-0.2, -0.15) is 0 Å². The lowest BCUT2D eigenvalue weighted by molar-refractivity contribution is 0.102. The molecule has 1 aromatic carbocycles. The molecule has 7 heteroatoms. The summed E-state index contributed by atoms with van der Waals surface area (Å²) in [5.41, 5.74) is 1.22. The smallest absolute Gasteiger partial charge is 0.257 e. The van der Waals surface area contributed by atoms with E-state index in [1.807, 2.05) is 19.2 Å². The normalized spacial score (nSPS) is 11.6. The second-order valence-electron chi connectivity index (χ2n) is 5.12. The molecule has 0 saturated carbocycles. The second kappa shape index (κ2) is 6.58. The van der Waals surface area contributed by atoms with Crippen molar-refractivity contribution in [1.29, 1.82) is 0 Å². The highest BCUT2D eigenvalue weighted by atomic mass is 32.2. The third kappa shape index (κ3) is 3.72. The van der Waals surface area contributed by atoms with Crippen molar-refractivity contribution in [3.05, 3.63) is 40.9 Å². The number of carbonyl (C=O) groups excluding carboxylic acids is 1. The lowest BCUT2D eigenvalue weighted by atomic mass is 10.2. The monoisotopic (exact) mass is 338 g/mol. The number of nitrogens with zero attached hydrogens (tertiary/aromatic N) is 1. The van der Waals surface area contributed by atoms with E-state index in [4.69, 9.17) is 0 Å². The summed E-state index contributed by atoms with van der Waals surface area (Å²) in [5, 5.41) is 5.12. The Labute approximate surface area is 134 Å². The van der Waals surface area contributed by atoms with Gasteiger partial charge in [-0.05, 0) is 24.1 Å². The van der Waals surface area contributed by atoms with E-state index >= 15 is 0 Å². The van der Waals surface area contributed by atoms with Crippen molar-refractivity contribution >= 4 is 32.2 Å². The average molecular weight is 338 g/mol. The van der Waals surface area contributed by atoms with E-state index in [0.29, 0.717) is 16.6 Å². The molecule has 1 amide bonds. The number of anilines is 1. The number of amides is 1. The molecule has 0 aliphatic carbocycles. The molecule has 0 fully saturated rings. The first-order valence-electron chi connectivity index (χ1n) is 6.93. The molecule has 1 heterocycles. The van der Waals surface area contributed by atoms with Gasteiger partial charge in [0.2, 0.25) is 0 Å². The Balaban J connectivity index is 2.21. The first kappa shape index (κ1) is 16.6. The first-order valence-corrected chi connectivity index (χ1v) is 9.46. The van der Waals surface area contributed by atoms with Gasteiger partial charge >= 0.3 is 0 Å². The third-order valence-electron chi connectivity index (χ3n) is 3.17. The zero-order chi connectivity index (χ0) is 16.3. The maximum atomic E-state index is 12.2. The van der Waals surface area contributed by atoms with E-state index in [9.17, 15) is 13.2 Å². The minimum atomic E-state index is -3.33. The van der Waals surface area contributed by atoms with Crippen LogP contribution in [0, 0.1) is 0 Å². The summed E-state index contributed by atoms with van der Waals surface area (Å²) >= 11 is 1.35. The van der Waals surface area contributed by atoms with Crippen molar-refractivity contribution < 1.29 is 13.2 Å². The highest BCUT2D eigenvalue weighted by Gasteiger charge is 2.15. The SMILES string of the molecule is CCS(=O)(=O)c1cccc(C(=O)Nc2nc(C(C)C)cs2)c1. The van der Waals surface area contributed by atoms with Gasteiger partial charge in [-0.15, -0.1) is 11.3 Å². The highest BCUT2D eigenvalue weighted by molar-refractivity contribution is 7.91. The van der Waals surface area contributed by atoms with Crippen molar-refractivity contribution in [3.8, 4) is 0 Å². The molecule has 0 saturated heterocycles. The zero-order valence-corrected chi connectivity index (χ0v) is 14.3. The fourth-order valence-corrected chi connectivity index (χ4v) is 3.57. The predicted molar refractivity (Wildman–Crippen MR) is 88.3 cm³/mol. The lowest BCUT2D eigenvalue weighted by Crippen LogP contribution is -2.13. The minimum Gasteiger partial charge on any atom is -0.298 e. The molecule has 0 aliphatic heterocycles. The third-order valence-corrected chi connectivity index (χ3v) is 5.68. The standard InChI is InChI=1S/C15H18N2O3S2/c1-4-22(19,20)12-7-5-6-11(8-12)14(18)17-15-16-13(9-21-15)10(2)3/h5-10H,4H2,1-3H3,(H,16,17,18). The van der Waals surface area contributed by atoms with Crippen molar-refractivity contribution in [2.45, 2.75) is 31.6 Å². The predicted octanol–water partition coefficient (Wildman–Crippen LogP) is 3.31. The molecular weight excluding hydrogens is 320 g/mol. The van der Waals surface area contributed by atoms with Gasteiger partial charge in [0.1, 0.15) is 0 Å². The molecular formula is C15H18N2O3S2. The number of sulfone groups is 1. The Hall–Kier alpha value is -1.73. The van der Waals surface area contributed by atoms with Crippen LogP contribution in [0.1, 0.15) is 42.7 Å². The van der Waals surface area contributed by atoms with Gasteiger partial charge in [0.15, 0.2) is 15.0 Å². The molecule has 1 aromatic heterocycles. The Morgan fingerprint density at radius 3 is 2.68 bits per heavy atom. The lowest BCUT2D eigenvalue weighted by Gasteiger charge is -2.05. The molecule has 0 aliphatic rings. The Morgan fingerprint density at radius 1 is 1.36 bits per heavy atom. The van der Waals surface area contributed by atoms with Crippen LogP contribution in [0.25, 0.3) is 0 Å². The Morgan fingerprint density at radius 2 is 2.09 bits per heavy atom. The molecule has 2 aromatic rings. The molecule has 22 heavy (non-hydrogen) atoms. The Bertz CT molecular complexity index is 780. The van der Waals surface area contributed by atoms with Crippen LogP contribution in [0.5, 0.6) is 0 Å². The summed E-state index contributed by atoms with van der Waals surface area (Å²) in [6.45, 7) is 5.63. The van der Waals surface area contributed by atoms with E-state index in [1.165, 1.54) is 23.5 Å². The van der Waals surface area contributed by atoms with Gasteiger partial charge in [0.25, 0.3) is 5.91 Å². The van der Waals surface area contributed by atoms with Crippen LogP contribution in [-0.4, -0.2) is 25.1 Å². The van der Waals surface area contributed by atoms with Crippen molar-refractivity contribution in [2.24, 2.45) is 0 Å². The number of nitrogens with one attached hydrogen (secondary N) is 1. The second-order valence-corrected chi connectivity index (χ2v) is 8.25. The van der Waals surface area contributed by atoms with E-state index in [0.717, 1.165) is 5.69 Å². The maximum Gasteiger partial charge on any atom is 0.257 e. The fourth-order valence-electron chi connectivity index (χ4n) is 1.78. The molecule has 0 spiro atoms. The average Bonchev–Trinajstić information content (AvgIpc) is 2.96. The van der Waals surface area contributed by atoms with E-state index in [1.54, 1.807) is 19.1 Å². The number of rotatable bonds is 5. The summed E-state index contributed by atoms with van der Waals surface area (Å²) in [6.07, 6.45) is 0. The summed E-state index contributed by atoms with van der Waals surface area (Å²) < 4.78 is 23.7. The van der Waals surface area contributed by atoms with Gasteiger partial charge in [-0.25, -0.2) is 13.4 Å². The van der Waals surface area contributed by atoms with Gasteiger partial charge in [-0.1, -0.05) is 26.8 Å². The van der Waals surface area contributed by atoms with Crippen LogP contribution in [-0.2, 0) is 9.84 Å². The number of carbonyl (C=O) groups is 1. The summed E-state index contributed by atoms with van der Waals surface area (Å²) in [5.74, 6) is -0.0693. The van der Waals surface area contributed by atoms with Crippen LogP contribution in [0.4, 0.5) is 5.13 Å². The van der Waals surface area contributed by atoms with Crippen molar-refractivity contribution in [1.82, 2.24) is 4.98 Å². The quantitative estimate of drug-likeness (QED) is 0.907. The largest absolute Gasteiger partial charge is 0.298 e. The number of hydrogen-bond acceptors (Lipinski definition) is 5. The van der Waals surface area contributed by atoms with E-state index < -0.39 is 9.84 Å². The van der Waals surface area contributed by atoms with Gasteiger partial charge in [-0.3, -0.25) is 10.1 Å².